The molecule has 1 aliphatic rings. The predicted octanol–water partition coefficient (Wildman–Crippen LogP) is 0.882. The lowest BCUT2D eigenvalue weighted by Gasteiger charge is -2.00. The van der Waals surface area contributed by atoms with Gasteiger partial charge >= 0.3 is 0 Å². The molecule has 0 N–H and O–H groups in total. The maximum absolute atomic E-state index is 10.9. The Morgan fingerprint density at radius 1 is 0.857 bits per heavy atom. The molecule has 72 valence electrons. The number of ketones is 2. The van der Waals surface area contributed by atoms with Crippen molar-refractivity contribution in [2.75, 3.05) is 0 Å². The zero-order chi connectivity index (χ0) is 9.14. The molecular weight excluding hydrogens is 227 g/mol. The molecule has 0 heterocycles. The summed E-state index contributed by atoms with van der Waals surface area (Å²) in [6.07, 6.45) is 1.98. The molecule has 4 nitrogen and oxygen atoms in total. The van der Waals surface area contributed by atoms with Gasteiger partial charge in [-0.3, -0.25) is 9.59 Å². The molecule has 0 radical (unpaired) electrons. The van der Waals surface area contributed by atoms with Gasteiger partial charge in [0.25, 0.3) is 0 Å². The fourth-order valence-corrected chi connectivity index (χ4v) is 0.786. The second kappa shape index (κ2) is 5.93. The third kappa shape index (κ3) is 2.43. The zero-order valence-corrected chi connectivity index (χ0v) is 8.32. The molecular formula is C8H4Cl2N2O2. The number of halogens is 2. The Bertz CT molecular complexity index is 372. The number of carbonyl (C=O) groups is 2. The van der Waals surface area contributed by atoms with Crippen molar-refractivity contribution < 1.29 is 9.59 Å². The van der Waals surface area contributed by atoms with Crippen LogP contribution >= 0.6 is 24.8 Å². The van der Waals surface area contributed by atoms with Gasteiger partial charge in [0.1, 0.15) is 23.3 Å². The molecule has 0 saturated carbocycles. The van der Waals surface area contributed by atoms with E-state index >= 15 is 0 Å². The van der Waals surface area contributed by atoms with Gasteiger partial charge in [-0.25, -0.2) is 0 Å². The van der Waals surface area contributed by atoms with E-state index in [0.717, 1.165) is 12.2 Å². The Morgan fingerprint density at radius 3 is 1.36 bits per heavy atom. The minimum atomic E-state index is -0.589. The first-order chi connectivity index (χ1) is 5.70. The Balaban J connectivity index is 0. The second-order valence-corrected chi connectivity index (χ2v) is 2.04. The highest BCUT2D eigenvalue weighted by atomic mass is 35.5. The molecule has 6 heteroatoms. The number of hydrogen-bond donors (Lipinski definition) is 0. The van der Waals surface area contributed by atoms with Gasteiger partial charge in [-0.2, -0.15) is 10.5 Å². The van der Waals surface area contributed by atoms with Crippen LogP contribution in [0.15, 0.2) is 23.3 Å². The molecule has 0 aromatic carbocycles. The summed E-state index contributed by atoms with van der Waals surface area (Å²) in [6, 6.07) is 3.04. The van der Waals surface area contributed by atoms with Crippen LogP contribution in [0.5, 0.6) is 0 Å². The van der Waals surface area contributed by atoms with Gasteiger partial charge in [-0.15, -0.1) is 24.8 Å². The van der Waals surface area contributed by atoms with Gasteiger partial charge in [-0.05, 0) is 12.2 Å². The van der Waals surface area contributed by atoms with E-state index in [1.807, 2.05) is 0 Å². The van der Waals surface area contributed by atoms with Gasteiger partial charge in [0.05, 0.1) is 0 Å². The summed E-state index contributed by atoms with van der Waals surface area (Å²) >= 11 is 0. The average Bonchev–Trinajstić information content (AvgIpc) is 2.08. The third-order valence-corrected chi connectivity index (χ3v) is 1.35. The van der Waals surface area contributed by atoms with E-state index in [1.165, 1.54) is 12.1 Å². The number of rotatable bonds is 0. The minimum Gasteiger partial charge on any atom is -0.288 e. The van der Waals surface area contributed by atoms with E-state index in [0.29, 0.717) is 0 Å². The molecule has 0 atom stereocenters. The van der Waals surface area contributed by atoms with Crippen molar-refractivity contribution in [1.82, 2.24) is 0 Å². The van der Waals surface area contributed by atoms with E-state index < -0.39 is 11.6 Å². The number of allylic oxidation sites excluding steroid dienone is 4. The van der Waals surface area contributed by atoms with Crippen LogP contribution < -0.4 is 0 Å². The van der Waals surface area contributed by atoms with Gasteiger partial charge in [0.15, 0.2) is 11.6 Å². The van der Waals surface area contributed by atoms with Crippen LogP contribution in [0.25, 0.3) is 0 Å². The first-order valence-corrected chi connectivity index (χ1v) is 3.02. The summed E-state index contributed by atoms with van der Waals surface area (Å²) in [5, 5.41) is 16.8. The molecule has 0 aromatic rings. The van der Waals surface area contributed by atoms with Crippen molar-refractivity contribution >= 4 is 36.4 Å². The Labute approximate surface area is 92.3 Å². The van der Waals surface area contributed by atoms with Gasteiger partial charge in [-0.1, -0.05) is 0 Å². The molecule has 14 heavy (non-hydrogen) atoms. The summed E-state index contributed by atoms with van der Waals surface area (Å²) < 4.78 is 0. The smallest absolute Gasteiger partial charge is 0.197 e. The van der Waals surface area contributed by atoms with Crippen molar-refractivity contribution in [2.45, 2.75) is 0 Å². The standard InChI is InChI=1S/C8H2N2O2.2ClH/c9-3-5-6(4-10)8(12)2-1-7(5)11;;/h1-2H;2*1H. The molecule has 0 aliphatic heterocycles. The van der Waals surface area contributed by atoms with Crippen molar-refractivity contribution in [1.29, 1.82) is 10.5 Å². The Morgan fingerprint density at radius 2 is 1.14 bits per heavy atom. The van der Waals surface area contributed by atoms with Crippen LogP contribution in [0, 0.1) is 22.7 Å². The molecule has 0 unspecified atom stereocenters. The maximum atomic E-state index is 10.9. The Hall–Kier alpha value is -1.62. The van der Waals surface area contributed by atoms with Crippen molar-refractivity contribution in [2.24, 2.45) is 0 Å². The highest BCUT2D eigenvalue weighted by Gasteiger charge is 2.21. The van der Waals surface area contributed by atoms with Gasteiger partial charge in [0, 0.05) is 0 Å². The molecule has 0 spiro atoms. The van der Waals surface area contributed by atoms with Crippen molar-refractivity contribution in [3.05, 3.63) is 23.3 Å². The third-order valence-electron chi connectivity index (χ3n) is 1.35. The fourth-order valence-electron chi connectivity index (χ4n) is 0.786. The largest absolute Gasteiger partial charge is 0.288 e. The van der Waals surface area contributed by atoms with E-state index in [2.05, 4.69) is 0 Å². The summed E-state index contributed by atoms with van der Waals surface area (Å²) in [4.78, 5) is 21.7. The first-order valence-electron chi connectivity index (χ1n) is 3.02. The number of carbonyl (C=O) groups excluding carboxylic acids is 2. The van der Waals surface area contributed by atoms with Crippen LogP contribution in [0.4, 0.5) is 0 Å². The molecule has 0 fully saturated rings. The summed E-state index contributed by atoms with van der Waals surface area (Å²) in [7, 11) is 0. The van der Waals surface area contributed by atoms with Crippen LogP contribution in [-0.4, -0.2) is 11.6 Å². The van der Waals surface area contributed by atoms with Crippen LogP contribution in [-0.2, 0) is 9.59 Å². The summed E-state index contributed by atoms with van der Waals surface area (Å²) in [5.41, 5.74) is -0.741. The minimum absolute atomic E-state index is 0. The quantitative estimate of drug-likeness (QED) is 0.579. The number of nitrogens with zero attached hydrogens (tertiary/aromatic N) is 2. The second-order valence-electron chi connectivity index (χ2n) is 2.04. The van der Waals surface area contributed by atoms with E-state index in [1.54, 1.807) is 0 Å². The molecule has 0 amide bonds. The SMILES string of the molecule is Cl.Cl.N#CC1=C(C#N)C(=O)C=CC1=O. The molecule has 1 rings (SSSR count). The van der Waals surface area contributed by atoms with Gasteiger partial charge in [0.2, 0.25) is 0 Å². The summed E-state index contributed by atoms with van der Waals surface area (Å²) in [6.45, 7) is 0. The highest BCUT2D eigenvalue weighted by Crippen LogP contribution is 2.11. The van der Waals surface area contributed by atoms with Crippen molar-refractivity contribution in [3.8, 4) is 12.1 Å². The van der Waals surface area contributed by atoms with Crippen LogP contribution in [0.2, 0.25) is 0 Å². The Kier molecular flexibility index (Phi) is 6.30. The molecule has 0 bridgehead atoms. The van der Waals surface area contributed by atoms with Crippen molar-refractivity contribution in [3.63, 3.8) is 0 Å². The lowest BCUT2D eigenvalue weighted by Crippen LogP contribution is -2.12. The number of hydrogen-bond acceptors (Lipinski definition) is 4. The van der Waals surface area contributed by atoms with Crippen LogP contribution in [0.1, 0.15) is 0 Å². The topological polar surface area (TPSA) is 81.7 Å². The normalized spacial score (nSPS) is 13.6. The molecule has 1 aliphatic carbocycles. The maximum Gasteiger partial charge on any atom is 0.197 e. The molecule has 0 saturated heterocycles. The highest BCUT2D eigenvalue weighted by molar-refractivity contribution is 6.23. The van der Waals surface area contributed by atoms with E-state index in [4.69, 9.17) is 10.5 Å². The van der Waals surface area contributed by atoms with Crippen LogP contribution in [0.3, 0.4) is 0 Å². The fraction of sp³-hybridized carbons (Fsp3) is 0. The lowest BCUT2D eigenvalue weighted by atomic mass is 9.97. The lowest BCUT2D eigenvalue weighted by molar-refractivity contribution is -0.114. The monoisotopic (exact) mass is 230 g/mol. The van der Waals surface area contributed by atoms with Gasteiger partial charge < -0.3 is 0 Å². The summed E-state index contributed by atoms with van der Waals surface area (Å²) in [5.74, 6) is -1.18. The molecule has 0 aromatic heterocycles. The van der Waals surface area contributed by atoms with E-state index in [-0.39, 0.29) is 36.0 Å². The number of nitriles is 2. The average molecular weight is 231 g/mol. The van der Waals surface area contributed by atoms with E-state index in [9.17, 15) is 9.59 Å². The zero-order valence-electron chi connectivity index (χ0n) is 6.68. The first kappa shape index (κ1) is 14.9. The predicted molar refractivity (Wildman–Crippen MR) is 51.9 cm³/mol.